The van der Waals surface area contributed by atoms with Crippen LogP contribution < -0.4 is 16.0 Å². The monoisotopic (exact) mass is 255 g/mol. The lowest BCUT2D eigenvalue weighted by atomic mass is 9.98. The first-order chi connectivity index (χ1) is 8.50. The molecule has 5 nitrogen and oxygen atoms in total. The third kappa shape index (κ3) is 5.04. The normalized spacial score (nSPS) is 21.4. The van der Waals surface area contributed by atoms with Crippen molar-refractivity contribution in [1.29, 1.82) is 0 Å². The summed E-state index contributed by atoms with van der Waals surface area (Å²) in [4.78, 5) is 23.6. The van der Waals surface area contributed by atoms with Gasteiger partial charge in [0.15, 0.2) is 0 Å². The lowest BCUT2D eigenvalue weighted by molar-refractivity contribution is -0.131. The maximum absolute atomic E-state index is 11.9. The van der Waals surface area contributed by atoms with Crippen LogP contribution >= 0.6 is 0 Å². The number of carbonyl (C=O) groups excluding carboxylic acids is 2. The molecule has 1 heterocycles. The van der Waals surface area contributed by atoms with Crippen LogP contribution in [-0.2, 0) is 9.59 Å². The third-order valence-corrected chi connectivity index (χ3v) is 3.10. The third-order valence-electron chi connectivity index (χ3n) is 3.10. The van der Waals surface area contributed by atoms with Crippen molar-refractivity contribution in [3.8, 4) is 0 Å². The average Bonchev–Trinajstić information content (AvgIpc) is 2.36. The zero-order chi connectivity index (χ0) is 13.5. The van der Waals surface area contributed by atoms with Gasteiger partial charge in [-0.3, -0.25) is 9.59 Å². The first kappa shape index (κ1) is 15.0. The summed E-state index contributed by atoms with van der Waals surface area (Å²) in [6.45, 7) is 8.14. The van der Waals surface area contributed by atoms with Crippen molar-refractivity contribution < 1.29 is 9.59 Å². The van der Waals surface area contributed by atoms with E-state index in [1.165, 1.54) is 0 Å². The van der Waals surface area contributed by atoms with Crippen molar-refractivity contribution in [2.45, 2.75) is 39.7 Å². The van der Waals surface area contributed by atoms with Crippen LogP contribution in [0.25, 0.3) is 0 Å². The fourth-order valence-electron chi connectivity index (χ4n) is 1.93. The predicted molar refractivity (Wildman–Crippen MR) is 71.0 cm³/mol. The Morgan fingerprint density at radius 1 is 1.33 bits per heavy atom. The van der Waals surface area contributed by atoms with Gasteiger partial charge >= 0.3 is 0 Å². The summed E-state index contributed by atoms with van der Waals surface area (Å²) in [5.74, 6) is 0.286. The number of amides is 2. The van der Waals surface area contributed by atoms with Gasteiger partial charge in [-0.2, -0.15) is 0 Å². The number of hydrogen-bond donors (Lipinski definition) is 3. The molecule has 2 unspecified atom stereocenters. The SMILES string of the molecule is CC(C)CNC(=O)C(C)NC(=O)C1CCCNC1. The van der Waals surface area contributed by atoms with E-state index in [1.54, 1.807) is 6.92 Å². The van der Waals surface area contributed by atoms with E-state index in [-0.39, 0.29) is 17.7 Å². The van der Waals surface area contributed by atoms with Gasteiger partial charge in [0.2, 0.25) is 11.8 Å². The number of nitrogens with one attached hydrogen (secondary N) is 3. The first-order valence-corrected chi connectivity index (χ1v) is 6.79. The number of hydrogen-bond acceptors (Lipinski definition) is 3. The van der Waals surface area contributed by atoms with Crippen LogP contribution in [-0.4, -0.2) is 37.5 Å². The van der Waals surface area contributed by atoms with Crippen LogP contribution in [0.2, 0.25) is 0 Å². The molecule has 0 saturated carbocycles. The Hall–Kier alpha value is -1.10. The highest BCUT2D eigenvalue weighted by Gasteiger charge is 2.24. The molecule has 104 valence electrons. The van der Waals surface area contributed by atoms with Crippen molar-refractivity contribution >= 4 is 11.8 Å². The van der Waals surface area contributed by atoms with Gasteiger partial charge in [0.1, 0.15) is 6.04 Å². The number of piperidine rings is 1. The van der Waals surface area contributed by atoms with E-state index in [9.17, 15) is 9.59 Å². The van der Waals surface area contributed by atoms with Crippen LogP contribution in [0.3, 0.4) is 0 Å². The highest BCUT2D eigenvalue weighted by atomic mass is 16.2. The van der Waals surface area contributed by atoms with Crippen molar-refractivity contribution in [2.24, 2.45) is 11.8 Å². The van der Waals surface area contributed by atoms with Crippen molar-refractivity contribution in [3.05, 3.63) is 0 Å². The van der Waals surface area contributed by atoms with E-state index >= 15 is 0 Å². The minimum absolute atomic E-state index is 0.000834. The molecule has 0 aromatic rings. The summed E-state index contributed by atoms with van der Waals surface area (Å²) in [5.41, 5.74) is 0. The highest BCUT2D eigenvalue weighted by molar-refractivity contribution is 5.88. The van der Waals surface area contributed by atoms with Gasteiger partial charge in [-0.25, -0.2) is 0 Å². The maximum atomic E-state index is 11.9. The molecule has 1 rings (SSSR count). The van der Waals surface area contributed by atoms with E-state index in [0.29, 0.717) is 19.0 Å². The Labute approximate surface area is 109 Å². The second-order valence-electron chi connectivity index (χ2n) is 5.41. The molecule has 1 saturated heterocycles. The topological polar surface area (TPSA) is 70.2 Å². The van der Waals surface area contributed by atoms with Gasteiger partial charge in [0, 0.05) is 13.1 Å². The van der Waals surface area contributed by atoms with Crippen LogP contribution in [0, 0.1) is 11.8 Å². The molecule has 3 N–H and O–H groups in total. The molecule has 0 bridgehead atoms. The Morgan fingerprint density at radius 3 is 2.61 bits per heavy atom. The largest absolute Gasteiger partial charge is 0.354 e. The second-order valence-corrected chi connectivity index (χ2v) is 5.41. The quantitative estimate of drug-likeness (QED) is 0.660. The lowest BCUT2D eigenvalue weighted by Crippen LogP contribution is -2.49. The van der Waals surface area contributed by atoms with Gasteiger partial charge in [-0.15, -0.1) is 0 Å². The number of rotatable bonds is 5. The maximum Gasteiger partial charge on any atom is 0.242 e. The van der Waals surface area contributed by atoms with E-state index in [0.717, 1.165) is 19.4 Å². The molecule has 1 fully saturated rings. The highest BCUT2D eigenvalue weighted by Crippen LogP contribution is 2.09. The van der Waals surface area contributed by atoms with E-state index in [1.807, 2.05) is 13.8 Å². The van der Waals surface area contributed by atoms with Crippen molar-refractivity contribution in [2.75, 3.05) is 19.6 Å². The second kappa shape index (κ2) is 7.36. The molecule has 0 spiro atoms. The Balaban J connectivity index is 2.31. The Morgan fingerprint density at radius 2 is 2.06 bits per heavy atom. The van der Waals surface area contributed by atoms with Gasteiger partial charge in [0.05, 0.1) is 5.92 Å². The molecule has 0 radical (unpaired) electrons. The predicted octanol–water partition coefficient (Wildman–Crippen LogP) is 0.263. The van der Waals surface area contributed by atoms with E-state index < -0.39 is 6.04 Å². The lowest BCUT2D eigenvalue weighted by Gasteiger charge is -2.23. The fourth-order valence-corrected chi connectivity index (χ4v) is 1.93. The van der Waals surface area contributed by atoms with Crippen LogP contribution in [0.15, 0.2) is 0 Å². The van der Waals surface area contributed by atoms with E-state index in [4.69, 9.17) is 0 Å². The van der Waals surface area contributed by atoms with Crippen molar-refractivity contribution in [3.63, 3.8) is 0 Å². The Bertz CT molecular complexity index is 286. The summed E-state index contributed by atoms with van der Waals surface area (Å²) >= 11 is 0. The van der Waals surface area contributed by atoms with Crippen LogP contribution in [0.4, 0.5) is 0 Å². The van der Waals surface area contributed by atoms with Crippen LogP contribution in [0.5, 0.6) is 0 Å². The number of carbonyl (C=O) groups is 2. The van der Waals surface area contributed by atoms with Gasteiger partial charge in [-0.05, 0) is 32.2 Å². The molecule has 2 amide bonds. The standard InChI is InChI=1S/C13H25N3O2/c1-9(2)7-15-12(17)10(3)16-13(18)11-5-4-6-14-8-11/h9-11,14H,4-8H2,1-3H3,(H,15,17)(H,16,18). The summed E-state index contributed by atoms with van der Waals surface area (Å²) in [7, 11) is 0. The summed E-state index contributed by atoms with van der Waals surface area (Å²) < 4.78 is 0. The molecule has 0 aromatic heterocycles. The minimum atomic E-state index is -0.460. The zero-order valence-corrected chi connectivity index (χ0v) is 11.6. The average molecular weight is 255 g/mol. The molecular formula is C13H25N3O2. The molecular weight excluding hydrogens is 230 g/mol. The summed E-state index contributed by atoms with van der Waals surface area (Å²) in [6, 6.07) is -0.460. The first-order valence-electron chi connectivity index (χ1n) is 6.79. The smallest absolute Gasteiger partial charge is 0.242 e. The van der Waals surface area contributed by atoms with Crippen LogP contribution in [0.1, 0.15) is 33.6 Å². The van der Waals surface area contributed by atoms with Gasteiger partial charge in [-0.1, -0.05) is 13.8 Å². The minimum Gasteiger partial charge on any atom is -0.354 e. The van der Waals surface area contributed by atoms with Gasteiger partial charge in [0.25, 0.3) is 0 Å². The molecule has 1 aliphatic rings. The fraction of sp³-hybridized carbons (Fsp3) is 0.846. The molecule has 1 aliphatic heterocycles. The van der Waals surface area contributed by atoms with Crippen molar-refractivity contribution in [1.82, 2.24) is 16.0 Å². The molecule has 5 heteroatoms. The summed E-state index contributed by atoms with van der Waals surface area (Å²) in [5, 5.41) is 8.80. The molecule has 2 atom stereocenters. The molecule has 0 aliphatic carbocycles. The zero-order valence-electron chi connectivity index (χ0n) is 11.6. The van der Waals surface area contributed by atoms with Gasteiger partial charge < -0.3 is 16.0 Å². The molecule has 0 aromatic carbocycles. The molecule has 18 heavy (non-hydrogen) atoms. The van der Waals surface area contributed by atoms with E-state index in [2.05, 4.69) is 16.0 Å². The summed E-state index contributed by atoms with van der Waals surface area (Å²) in [6.07, 6.45) is 1.92. The Kier molecular flexibility index (Phi) is 6.12.